The van der Waals surface area contributed by atoms with E-state index in [0.29, 0.717) is 17.8 Å². The Morgan fingerprint density at radius 3 is 2.61 bits per heavy atom. The summed E-state index contributed by atoms with van der Waals surface area (Å²) in [6.07, 6.45) is 3.05. The van der Waals surface area contributed by atoms with E-state index in [1.807, 2.05) is 44.2 Å². The monoisotopic (exact) mass is 313 g/mol. The maximum atomic E-state index is 12.2. The molecule has 2 aromatic rings. The van der Waals surface area contributed by atoms with Crippen LogP contribution in [0.3, 0.4) is 0 Å². The number of carbonyl (C=O) groups is 1. The fourth-order valence-corrected chi connectivity index (χ4v) is 2.31. The van der Waals surface area contributed by atoms with E-state index in [0.717, 1.165) is 5.56 Å². The van der Waals surface area contributed by atoms with E-state index in [1.54, 1.807) is 19.1 Å². The number of hydrogen-bond acceptors (Lipinski definition) is 3. The average Bonchev–Trinajstić information content (AvgIpc) is 3.03. The van der Waals surface area contributed by atoms with Crippen molar-refractivity contribution in [2.24, 2.45) is 0 Å². The minimum atomic E-state index is -0.721. The number of hydrogen-bond donors (Lipinski definition) is 2. The van der Waals surface area contributed by atoms with Gasteiger partial charge in [0.05, 0.1) is 6.26 Å². The fourth-order valence-electron chi connectivity index (χ4n) is 2.31. The third kappa shape index (κ3) is 5.11. The summed E-state index contributed by atoms with van der Waals surface area (Å²) in [5, 5.41) is 12.9. The number of carbonyl (C=O) groups excluding carboxylic acids is 1. The Balaban J connectivity index is 1.91. The number of benzene rings is 1. The molecular formula is C19H23NO3. The highest BCUT2D eigenvalue weighted by Crippen LogP contribution is 2.18. The molecule has 1 heterocycles. The van der Waals surface area contributed by atoms with Crippen LogP contribution in [0, 0.1) is 6.92 Å². The smallest absolute Gasteiger partial charge is 0.247 e. The van der Waals surface area contributed by atoms with Crippen molar-refractivity contribution >= 4 is 12.0 Å². The summed E-state index contributed by atoms with van der Waals surface area (Å²) in [6.45, 7) is 5.67. The van der Waals surface area contributed by atoms with E-state index in [4.69, 9.17) is 4.42 Å². The summed E-state index contributed by atoms with van der Waals surface area (Å²) in [7, 11) is 0. The van der Waals surface area contributed by atoms with E-state index >= 15 is 0 Å². The van der Waals surface area contributed by atoms with Gasteiger partial charge in [-0.15, -0.1) is 0 Å². The molecule has 0 aliphatic rings. The van der Waals surface area contributed by atoms with Gasteiger partial charge in [-0.1, -0.05) is 29.8 Å². The Labute approximate surface area is 136 Å². The second-order valence-corrected chi connectivity index (χ2v) is 5.88. The van der Waals surface area contributed by atoms with Crippen LogP contribution in [-0.2, 0) is 4.79 Å². The van der Waals surface area contributed by atoms with Crippen molar-refractivity contribution in [2.75, 3.05) is 0 Å². The molecule has 23 heavy (non-hydrogen) atoms. The van der Waals surface area contributed by atoms with E-state index in [1.165, 1.54) is 11.8 Å². The van der Waals surface area contributed by atoms with E-state index in [2.05, 4.69) is 5.32 Å². The second-order valence-electron chi connectivity index (χ2n) is 5.88. The minimum Gasteiger partial charge on any atom is -0.467 e. The molecule has 1 aromatic carbocycles. The van der Waals surface area contributed by atoms with Crippen molar-refractivity contribution in [3.05, 3.63) is 65.1 Å². The molecule has 1 amide bonds. The molecule has 0 spiro atoms. The van der Waals surface area contributed by atoms with Crippen LogP contribution in [0.4, 0.5) is 0 Å². The standard InChI is InChI=1S/C19H23NO3/c1-13-6-8-16(9-7-13)11-14(2)19(22)20-15(3)12-17(21)18-5-4-10-23-18/h4-11,15,17,21H,12H2,1-3H3,(H,20,22)/b14-11+. The van der Waals surface area contributed by atoms with Crippen molar-refractivity contribution in [1.82, 2.24) is 5.32 Å². The highest BCUT2D eigenvalue weighted by atomic mass is 16.4. The van der Waals surface area contributed by atoms with Crippen LogP contribution >= 0.6 is 0 Å². The van der Waals surface area contributed by atoms with Crippen molar-refractivity contribution < 1.29 is 14.3 Å². The van der Waals surface area contributed by atoms with Crippen molar-refractivity contribution in [3.63, 3.8) is 0 Å². The zero-order valence-electron chi connectivity index (χ0n) is 13.7. The third-order valence-electron chi connectivity index (χ3n) is 3.64. The first-order chi connectivity index (χ1) is 11.0. The van der Waals surface area contributed by atoms with Crippen molar-refractivity contribution in [1.29, 1.82) is 0 Å². The van der Waals surface area contributed by atoms with Gasteiger partial charge in [-0.05, 0) is 44.5 Å². The number of aryl methyl sites for hydroxylation is 1. The predicted molar refractivity (Wildman–Crippen MR) is 90.7 cm³/mol. The van der Waals surface area contributed by atoms with Gasteiger partial charge in [-0.2, -0.15) is 0 Å². The summed E-state index contributed by atoms with van der Waals surface area (Å²) in [5.41, 5.74) is 2.81. The van der Waals surface area contributed by atoms with E-state index in [-0.39, 0.29) is 11.9 Å². The Morgan fingerprint density at radius 1 is 1.30 bits per heavy atom. The lowest BCUT2D eigenvalue weighted by atomic mass is 10.1. The molecular weight excluding hydrogens is 290 g/mol. The quantitative estimate of drug-likeness (QED) is 0.801. The lowest BCUT2D eigenvalue weighted by Crippen LogP contribution is -2.34. The molecule has 0 saturated carbocycles. The Hall–Kier alpha value is -2.33. The first-order valence-corrected chi connectivity index (χ1v) is 7.73. The maximum absolute atomic E-state index is 12.2. The Morgan fingerprint density at radius 2 is 2.00 bits per heavy atom. The number of nitrogens with one attached hydrogen (secondary N) is 1. The zero-order chi connectivity index (χ0) is 16.8. The maximum Gasteiger partial charge on any atom is 0.247 e. The third-order valence-corrected chi connectivity index (χ3v) is 3.64. The van der Waals surface area contributed by atoms with Gasteiger partial charge < -0.3 is 14.8 Å². The number of furan rings is 1. The van der Waals surface area contributed by atoms with Crippen molar-refractivity contribution in [3.8, 4) is 0 Å². The highest BCUT2D eigenvalue weighted by Gasteiger charge is 2.16. The largest absolute Gasteiger partial charge is 0.467 e. The lowest BCUT2D eigenvalue weighted by molar-refractivity contribution is -0.118. The van der Waals surface area contributed by atoms with Gasteiger partial charge in [-0.3, -0.25) is 4.79 Å². The van der Waals surface area contributed by atoms with Crippen LogP contribution in [0.15, 0.2) is 52.7 Å². The lowest BCUT2D eigenvalue weighted by Gasteiger charge is -2.17. The molecule has 0 saturated heterocycles. The van der Waals surface area contributed by atoms with Crippen LogP contribution in [0.25, 0.3) is 6.08 Å². The molecule has 0 radical (unpaired) electrons. The normalized spacial score (nSPS) is 14.3. The number of aliphatic hydroxyl groups excluding tert-OH is 1. The highest BCUT2D eigenvalue weighted by molar-refractivity contribution is 5.97. The van der Waals surface area contributed by atoms with Gasteiger partial charge >= 0.3 is 0 Å². The topological polar surface area (TPSA) is 62.5 Å². The van der Waals surface area contributed by atoms with Crippen LogP contribution in [0.5, 0.6) is 0 Å². The van der Waals surface area contributed by atoms with Gasteiger partial charge in [0.2, 0.25) is 5.91 Å². The summed E-state index contributed by atoms with van der Waals surface area (Å²) < 4.78 is 5.16. The fraction of sp³-hybridized carbons (Fsp3) is 0.316. The summed E-state index contributed by atoms with van der Waals surface area (Å²) >= 11 is 0. The van der Waals surface area contributed by atoms with Crippen LogP contribution in [0.2, 0.25) is 0 Å². The average molecular weight is 313 g/mol. The SMILES string of the molecule is C/C(=C\c1ccc(C)cc1)C(=O)NC(C)CC(O)c1ccco1. The minimum absolute atomic E-state index is 0.135. The molecule has 2 rings (SSSR count). The molecule has 4 nitrogen and oxygen atoms in total. The summed E-state index contributed by atoms with van der Waals surface area (Å²) in [4.78, 5) is 12.2. The zero-order valence-corrected chi connectivity index (χ0v) is 13.7. The van der Waals surface area contributed by atoms with Gasteiger partial charge in [0.1, 0.15) is 11.9 Å². The van der Waals surface area contributed by atoms with Gasteiger partial charge in [0, 0.05) is 18.0 Å². The molecule has 2 N–H and O–H groups in total. The molecule has 2 atom stereocenters. The second kappa shape index (κ2) is 7.79. The number of rotatable bonds is 6. The van der Waals surface area contributed by atoms with Crippen LogP contribution in [0.1, 0.15) is 43.3 Å². The van der Waals surface area contributed by atoms with Crippen LogP contribution < -0.4 is 5.32 Å². The van der Waals surface area contributed by atoms with Gasteiger partial charge in [0.25, 0.3) is 0 Å². The molecule has 0 aliphatic carbocycles. The van der Waals surface area contributed by atoms with Crippen molar-refractivity contribution in [2.45, 2.75) is 39.3 Å². The Kier molecular flexibility index (Phi) is 5.77. The van der Waals surface area contributed by atoms with Gasteiger partial charge in [0.15, 0.2) is 0 Å². The predicted octanol–water partition coefficient (Wildman–Crippen LogP) is 3.62. The number of amides is 1. The molecule has 0 aliphatic heterocycles. The molecule has 1 aromatic heterocycles. The molecule has 2 unspecified atom stereocenters. The molecule has 0 fully saturated rings. The van der Waals surface area contributed by atoms with Crippen LogP contribution in [-0.4, -0.2) is 17.1 Å². The van der Waals surface area contributed by atoms with Gasteiger partial charge in [-0.25, -0.2) is 0 Å². The molecule has 4 heteroatoms. The number of aliphatic hydroxyl groups is 1. The summed E-state index contributed by atoms with van der Waals surface area (Å²) in [5.74, 6) is 0.378. The first-order valence-electron chi connectivity index (χ1n) is 7.73. The summed E-state index contributed by atoms with van der Waals surface area (Å²) in [6, 6.07) is 11.3. The molecule has 122 valence electrons. The van der Waals surface area contributed by atoms with E-state index in [9.17, 15) is 9.90 Å². The first kappa shape index (κ1) is 17.0. The van der Waals surface area contributed by atoms with E-state index < -0.39 is 6.10 Å². The molecule has 0 bridgehead atoms. The Bertz CT molecular complexity index is 656.